The highest BCUT2D eigenvalue weighted by Gasteiger charge is 2.14. The number of carbonyl (C=O) groups is 1. The summed E-state index contributed by atoms with van der Waals surface area (Å²) in [6.45, 7) is 4.77. The molecule has 0 saturated carbocycles. The van der Waals surface area contributed by atoms with Gasteiger partial charge in [0.1, 0.15) is 5.82 Å². The molecule has 5 nitrogen and oxygen atoms in total. The number of carbonyl (C=O) groups excluding carboxylic acids is 1. The number of aromatic nitrogens is 1. The highest BCUT2D eigenvalue weighted by molar-refractivity contribution is 5.91. The third-order valence-electron chi connectivity index (χ3n) is 3.68. The Kier molecular flexibility index (Phi) is 5.35. The van der Waals surface area contributed by atoms with Crippen LogP contribution in [0.1, 0.15) is 26.2 Å². The molecule has 20 heavy (non-hydrogen) atoms. The zero-order valence-corrected chi connectivity index (χ0v) is 12.4. The van der Waals surface area contributed by atoms with Gasteiger partial charge < -0.3 is 15.5 Å². The van der Waals surface area contributed by atoms with Gasteiger partial charge in [-0.2, -0.15) is 0 Å². The summed E-state index contributed by atoms with van der Waals surface area (Å²) in [5, 5.41) is 5.85. The largest absolute Gasteiger partial charge is 0.370 e. The first-order valence-electron chi connectivity index (χ1n) is 7.37. The third-order valence-corrected chi connectivity index (χ3v) is 3.68. The highest BCUT2D eigenvalue weighted by Crippen LogP contribution is 2.20. The van der Waals surface area contributed by atoms with Gasteiger partial charge in [0.2, 0.25) is 5.91 Å². The Hall–Kier alpha value is -1.62. The number of hydrogen-bond acceptors (Lipinski definition) is 4. The van der Waals surface area contributed by atoms with Crippen molar-refractivity contribution in [1.82, 2.24) is 10.3 Å². The minimum atomic E-state index is -0.0661. The average Bonchev–Trinajstić information content (AvgIpc) is 2.49. The Balaban J connectivity index is 1.92. The van der Waals surface area contributed by atoms with Crippen molar-refractivity contribution in [3.05, 3.63) is 18.3 Å². The lowest BCUT2D eigenvalue weighted by Crippen LogP contribution is -2.30. The SMILES string of the molecule is CNCC(C)C(=O)Nc1ccc(N2CCCCC2)cn1. The summed E-state index contributed by atoms with van der Waals surface area (Å²) >= 11 is 0. The van der Waals surface area contributed by atoms with Gasteiger partial charge in [-0.1, -0.05) is 6.92 Å². The van der Waals surface area contributed by atoms with Crippen LogP contribution in [0.15, 0.2) is 18.3 Å². The molecule has 1 aromatic heterocycles. The number of amides is 1. The Morgan fingerprint density at radius 3 is 2.70 bits per heavy atom. The molecule has 2 rings (SSSR count). The van der Waals surface area contributed by atoms with Crippen LogP contribution in [-0.4, -0.2) is 37.6 Å². The lowest BCUT2D eigenvalue weighted by atomic mass is 10.1. The Morgan fingerprint density at radius 2 is 2.10 bits per heavy atom. The molecule has 2 N–H and O–H groups in total. The van der Waals surface area contributed by atoms with Crippen LogP contribution < -0.4 is 15.5 Å². The molecule has 1 fully saturated rings. The van der Waals surface area contributed by atoms with Crippen molar-refractivity contribution in [1.29, 1.82) is 0 Å². The van der Waals surface area contributed by atoms with Crippen LogP contribution in [0.3, 0.4) is 0 Å². The van der Waals surface area contributed by atoms with E-state index in [0.29, 0.717) is 12.4 Å². The second-order valence-corrected chi connectivity index (χ2v) is 5.40. The van der Waals surface area contributed by atoms with Crippen LogP contribution in [0.25, 0.3) is 0 Å². The van der Waals surface area contributed by atoms with Crippen LogP contribution in [-0.2, 0) is 4.79 Å². The zero-order chi connectivity index (χ0) is 14.4. The van der Waals surface area contributed by atoms with E-state index in [0.717, 1.165) is 18.8 Å². The Morgan fingerprint density at radius 1 is 1.35 bits per heavy atom. The summed E-state index contributed by atoms with van der Waals surface area (Å²) in [6, 6.07) is 3.92. The molecule has 1 unspecified atom stereocenters. The minimum Gasteiger partial charge on any atom is -0.370 e. The summed E-state index contributed by atoms with van der Waals surface area (Å²) in [6.07, 6.45) is 5.67. The summed E-state index contributed by atoms with van der Waals surface area (Å²) in [5.41, 5.74) is 1.14. The molecule has 0 spiro atoms. The van der Waals surface area contributed by atoms with Gasteiger partial charge in [0.25, 0.3) is 0 Å². The molecule has 110 valence electrons. The smallest absolute Gasteiger partial charge is 0.229 e. The second-order valence-electron chi connectivity index (χ2n) is 5.40. The molecular formula is C15H24N4O. The molecular weight excluding hydrogens is 252 g/mol. The quantitative estimate of drug-likeness (QED) is 0.862. The normalized spacial score (nSPS) is 16.8. The maximum atomic E-state index is 11.9. The van der Waals surface area contributed by atoms with E-state index in [1.807, 2.05) is 32.3 Å². The van der Waals surface area contributed by atoms with Gasteiger partial charge in [-0.3, -0.25) is 4.79 Å². The van der Waals surface area contributed by atoms with E-state index in [1.165, 1.54) is 19.3 Å². The van der Waals surface area contributed by atoms with Crippen molar-refractivity contribution in [2.75, 3.05) is 36.9 Å². The van der Waals surface area contributed by atoms with Gasteiger partial charge >= 0.3 is 0 Å². The number of piperidine rings is 1. The van der Waals surface area contributed by atoms with Crippen LogP contribution in [0.4, 0.5) is 11.5 Å². The fourth-order valence-electron chi connectivity index (χ4n) is 2.45. The molecule has 1 aromatic rings. The van der Waals surface area contributed by atoms with E-state index < -0.39 is 0 Å². The maximum absolute atomic E-state index is 11.9. The first-order chi connectivity index (χ1) is 9.70. The van der Waals surface area contributed by atoms with Gasteiger partial charge in [0, 0.05) is 25.6 Å². The van der Waals surface area contributed by atoms with E-state index in [9.17, 15) is 4.79 Å². The standard InChI is InChI=1S/C15H24N4O/c1-12(10-16-2)15(20)18-14-7-6-13(11-17-14)19-8-4-3-5-9-19/h6-7,11-12,16H,3-5,8-10H2,1-2H3,(H,17,18,20). The van der Waals surface area contributed by atoms with Crippen molar-refractivity contribution in [3.63, 3.8) is 0 Å². The topological polar surface area (TPSA) is 57.3 Å². The van der Waals surface area contributed by atoms with Gasteiger partial charge in [-0.05, 0) is 38.4 Å². The molecule has 1 aliphatic rings. The van der Waals surface area contributed by atoms with E-state index in [4.69, 9.17) is 0 Å². The molecule has 0 aliphatic carbocycles. The average molecular weight is 276 g/mol. The molecule has 0 bridgehead atoms. The summed E-state index contributed by atoms with van der Waals surface area (Å²) < 4.78 is 0. The van der Waals surface area contributed by atoms with Crippen LogP contribution >= 0.6 is 0 Å². The monoisotopic (exact) mass is 276 g/mol. The molecule has 0 aromatic carbocycles. The number of nitrogens with one attached hydrogen (secondary N) is 2. The van der Waals surface area contributed by atoms with E-state index in [1.54, 1.807) is 0 Å². The van der Waals surface area contributed by atoms with Crippen molar-refractivity contribution >= 4 is 17.4 Å². The lowest BCUT2D eigenvalue weighted by Gasteiger charge is -2.28. The Labute approximate surface area is 120 Å². The molecule has 2 heterocycles. The highest BCUT2D eigenvalue weighted by atomic mass is 16.1. The maximum Gasteiger partial charge on any atom is 0.229 e. The van der Waals surface area contributed by atoms with Crippen molar-refractivity contribution in [2.24, 2.45) is 5.92 Å². The molecule has 0 radical (unpaired) electrons. The predicted molar refractivity (Wildman–Crippen MR) is 82.0 cm³/mol. The van der Waals surface area contributed by atoms with Crippen LogP contribution in [0.2, 0.25) is 0 Å². The summed E-state index contributed by atoms with van der Waals surface area (Å²) in [4.78, 5) is 18.6. The molecule has 1 aliphatic heterocycles. The zero-order valence-electron chi connectivity index (χ0n) is 12.4. The van der Waals surface area contributed by atoms with Gasteiger partial charge in [-0.15, -0.1) is 0 Å². The first kappa shape index (κ1) is 14.8. The van der Waals surface area contributed by atoms with E-state index in [-0.39, 0.29) is 11.8 Å². The molecule has 1 saturated heterocycles. The molecule has 1 atom stereocenters. The number of pyridine rings is 1. The van der Waals surface area contributed by atoms with E-state index in [2.05, 4.69) is 20.5 Å². The fourth-order valence-corrected chi connectivity index (χ4v) is 2.45. The number of nitrogens with zero attached hydrogens (tertiary/aromatic N) is 2. The third kappa shape index (κ3) is 3.93. The fraction of sp³-hybridized carbons (Fsp3) is 0.600. The second kappa shape index (κ2) is 7.24. The van der Waals surface area contributed by atoms with Crippen molar-refractivity contribution < 1.29 is 4.79 Å². The van der Waals surface area contributed by atoms with Crippen molar-refractivity contribution in [3.8, 4) is 0 Å². The summed E-state index contributed by atoms with van der Waals surface area (Å²) in [7, 11) is 1.84. The van der Waals surface area contributed by atoms with Gasteiger partial charge in [0.15, 0.2) is 0 Å². The Bertz CT molecular complexity index is 426. The molecule has 1 amide bonds. The van der Waals surface area contributed by atoms with Crippen molar-refractivity contribution in [2.45, 2.75) is 26.2 Å². The van der Waals surface area contributed by atoms with Gasteiger partial charge in [-0.25, -0.2) is 4.98 Å². The van der Waals surface area contributed by atoms with Crippen LogP contribution in [0.5, 0.6) is 0 Å². The van der Waals surface area contributed by atoms with Crippen LogP contribution in [0, 0.1) is 5.92 Å². The van der Waals surface area contributed by atoms with E-state index >= 15 is 0 Å². The van der Waals surface area contributed by atoms with Gasteiger partial charge in [0.05, 0.1) is 11.9 Å². The number of anilines is 2. The number of rotatable bonds is 5. The predicted octanol–water partition coefficient (Wildman–Crippen LogP) is 1.87. The lowest BCUT2D eigenvalue weighted by molar-refractivity contribution is -0.119. The molecule has 5 heteroatoms. The summed E-state index contributed by atoms with van der Waals surface area (Å²) in [5.74, 6) is 0.555. The first-order valence-corrected chi connectivity index (χ1v) is 7.37. The number of hydrogen-bond donors (Lipinski definition) is 2. The minimum absolute atomic E-state index is 0.00225.